The SMILES string of the molecule is CNCCN(C)c1c(NC(=O)c2csc(-c3ccnnc3)n2)ccc(Oc2ccccc2F)c1C(F)(F)F. The zero-order valence-electron chi connectivity index (χ0n) is 20.2. The van der Waals surface area contributed by atoms with Crippen LogP contribution in [0.15, 0.2) is 60.2 Å². The second-order valence-corrected chi connectivity index (χ2v) is 8.87. The molecule has 0 saturated carbocycles. The van der Waals surface area contributed by atoms with E-state index in [9.17, 15) is 22.4 Å². The van der Waals surface area contributed by atoms with E-state index in [4.69, 9.17) is 4.74 Å². The van der Waals surface area contributed by atoms with E-state index in [-0.39, 0.29) is 29.4 Å². The quantitative estimate of drug-likeness (QED) is 0.270. The Labute approximate surface area is 219 Å². The van der Waals surface area contributed by atoms with Crippen molar-refractivity contribution in [3.05, 3.63) is 77.3 Å². The van der Waals surface area contributed by atoms with Gasteiger partial charge in [0.25, 0.3) is 5.91 Å². The molecule has 38 heavy (non-hydrogen) atoms. The molecular weight excluding hydrogens is 524 g/mol. The highest BCUT2D eigenvalue weighted by Crippen LogP contribution is 2.47. The minimum atomic E-state index is -4.90. The van der Waals surface area contributed by atoms with Crippen LogP contribution in [0.5, 0.6) is 11.5 Å². The lowest BCUT2D eigenvalue weighted by Gasteiger charge is -2.28. The highest BCUT2D eigenvalue weighted by atomic mass is 32.1. The lowest BCUT2D eigenvalue weighted by molar-refractivity contribution is -0.138. The zero-order chi connectivity index (χ0) is 27.3. The Balaban J connectivity index is 1.75. The minimum Gasteiger partial charge on any atom is -0.454 e. The Kier molecular flexibility index (Phi) is 8.17. The topological polar surface area (TPSA) is 92.3 Å². The Morgan fingerprint density at radius 1 is 1.11 bits per heavy atom. The smallest absolute Gasteiger partial charge is 0.422 e. The number of nitrogens with one attached hydrogen (secondary N) is 2. The maximum atomic E-state index is 14.5. The number of thiazole rings is 1. The average Bonchev–Trinajstić information content (AvgIpc) is 3.40. The molecule has 0 saturated heterocycles. The molecule has 198 valence electrons. The summed E-state index contributed by atoms with van der Waals surface area (Å²) in [6.07, 6.45) is -1.93. The van der Waals surface area contributed by atoms with Crippen LogP contribution >= 0.6 is 11.3 Å². The molecule has 8 nitrogen and oxygen atoms in total. The van der Waals surface area contributed by atoms with Crippen molar-refractivity contribution in [1.82, 2.24) is 20.5 Å². The molecule has 2 heterocycles. The van der Waals surface area contributed by atoms with Crippen LogP contribution in [0.1, 0.15) is 16.1 Å². The summed E-state index contributed by atoms with van der Waals surface area (Å²) < 4.78 is 63.0. The first-order valence-corrected chi connectivity index (χ1v) is 12.1. The van der Waals surface area contributed by atoms with E-state index in [1.165, 1.54) is 65.3 Å². The van der Waals surface area contributed by atoms with Gasteiger partial charge in [0.1, 0.15) is 22.0 Å². The van der Waals surface area contributed by atoms with E-state index in [0.29, 0.717) is 17.1 Å². The third-order valence-corrected chi connectivity index (χ3v) is 6.27. The molecule has 1 amide bonds. The summed E-state index contributed by atoms with van der Waals surface area (Å²) >= 11 is 1.18. The summed E-state index contributed by atoms with van der Waals surface area (Å²) in [7, 11) is 3.12. The van der Waals surface area contributed by atoms with Crippen LogP contribution in [0.25, 0.3) is 10.6 Å². The monoisotopic (exact) mass is 546 g/mol. The van der Waals surface area contributed by atoms with Crippen molar-refractivity contribution in [3.63, 3.8) is 0 Å². The van der Waals surface area contributed by atoms with Crippen LogP contribution in [0.2, 0.25) is 0 Å². The van der Waals surface area contributed by atoms with Gasteiger partial charge in [0.2, 0.25) is 0 Å². The van der Waals surface area contributed by atoms with Gasteiger partial charge in [-0.2, -0.15) is 23.4 Å². The summed E-state index contributed by atoms with van der Waals surface area (Å²) in [6, 6.07) is 9.17. The first-order valence-electron chi connectivity index (χ1n) is 11.2. The molecule has 4 aromatic rings. The lowest BCUT2D eigenvalue weighted by atomic mass is 10.1. The van der Waals surface area contributed by atoms with E-state index in [1.807, 2.05) is 0 Å². The van der Waals surface area contributed by atoms with Gasteiger partial charge >= 0.3 is 6.18 Å². The van der Waals surface area contributed by atoms with Crippen LogP contribution in [0, 0.1) is 5.82 Å². The molecule has 0 fully saturated rings. The van der Waals surface area contributed by atoms with Gasteiger partial charge in [0, 0.05) is 31.1 Å². The number of anilines is 2. The first-order chi connectivity index (χ1) is 18.2. The molecule has 0 radical (unpaired) electrons. The summed E-state index contributed by atoms with van der Waals surface area (Å²) in [5, 5.41) is 14.9. The summed E-state index contributed by atoms with van der Waals surface area (Å²) in [5.74, 6) is -2.48. The number of carbonyl (C=O) groups is 1. The van der Waals surface area contributed by atoms with Crippen molar-refractivity contribution in [3.8, 4) is 22.1 Å². The van der Waals surface area contributed by atoms with Gasteiger partial charge in [-0.15, -0.1) is 11.3 Å². The fourth-order valence-corrected chi connectivity index (χ4v) is 4.37. The number of halogens is 4. The molecule has 0 aliphatic heterocycles. The molecule has 0 aliphatic carbocycles. The maximum absolute atomic E-state index is 14.5. The number of para-hydroxylation sites is 1. The maximum Gasteiger partial charge on any atom is 0.422 e. The number of aromatic nitrogens is 3. The Morgan fingerprint density at radius 2 is 1.89 bits per heavy atom. The predicted octanol–water partition coefficient (Wildman–Crippen LogP) is 5.46. The number of nitrogens with zero attached hydrogens (tertiary/aromatic N) is 4. The highest BCUT2D eigenvalue weighted by Gasteiger charge is 2.40. The third-order valence-electron chi connectivity index (χ3n) is 5.37. The minimum absolute atomic E-state index is 0.0193. The van der Waals surface area contributed by atoms with Crippen molar-refractivity contribution in [2.45, 2.75) is 6.18 Å². The first kappa shape index (κ1) is 26.9. The number of likely N-dealkylation sites (N-methyl/N-ethyl adjacent to an activating group) is 2. The van der Waals surface area contributed by atoms with Crippen LogP contribution in [-0.2, 0) is 6.18 Å². The van der Waals surface area contributed by atoms with Crippen LogP contribution in [0.3, 0.4) is 0 Å². The van der Waals surface area contributed by atoms with E-state index in [1.54, 1.807) is 13.1 Å². The largest absolute Gasteiger partial charge is 0.454 e. The molecule has 0 spiro atoms. The number of benzene rings is 2. The Bertz CT molecular complexity index is 1410. The number of ether oxygens (including phenoxy) is 1. The van der Waals surface area contributed by atoms with Crippen LogP contribution in [-0.4, -0.2) is 48.3 Å². The van der Waals surface area contributed by atoms with Gasteiger partial charge in [-0.25, -0.2) is 9.37 Å². The van der Waals surface area contributed by atoms with Crippen molar-refractivity contribution in [1.29, 1.82) is 0 Å². The van der Waals surface area contributed by atoms with E-state index >= 15 is 0 Å². The number of amides is 1. The van der Waals surface area contributed by atoms with E-state index in [2.05, 4.69) is 25.8 Å². The lowest BCUT2D eigenvalue weighted by Crippen LogP contribution is -2.30. The number of hydrogen-bond donors (Lipinski definition) is 2. The van der Waals surface area contributed by atoms with Gasteiger partial charge in [-0.3, -0.25) is 4.79 Å². The number of carbonyl (C=O) groups excluding carboxylic acids is 1. The molecule has 0 atom stereocenters. The van der Waals surface area contributed by atoms with Crippen LogP contribution < -0.4 is 20.3 Å². The van der Waals surface area contributed by atoms with Gasteiger partial charge in [0.15, 0.2) is 11.6 Å². The fraction of sp³-hybridized carbons (Fsp3) is 0.200. The number of hydrogen-bond acceptors (Lipinski definition) is 8. The van der Waals surface area contributed by atoms with Crippen molar-refractivity contribution < 1.29 is 27.1 Å². The normalized spacial score (nSPS) is 11.3. The van der Waals surface area contributed by atoms with E-state index < -0.39 is 29.2 Å². The summed E-state index contributed by atoms with van der Waals surface area (Å²) in [5.41, 5.74) is -0.930. The molecule has 4 rings (SSSR count). The molecule has 0 aliphatic rings. The standard InChI is InChI=1S/C25H22F4N6O2S/c1-30-11-12-35(2)22-17(33-23(36)18-14-38-24(34-18)15-9-10-31-32-13-15)7-8-20(21(22)25(27,28)29)37-19-6-4-3-5-16(19)26/h3-10,13-14,30H,11-12H2,1-2H3,(H,33,36). The highest BCUT2D eigenvalue weighted by molar-refractivity contribution is 7.13. The van der Waals surface area contributed by atoms with E-state index in [0.717, 1.165) is 12.1 Å². The molecule has 2 aromatic carbocycles. The Morgan fingerprint density at radius 3 is 2.58 bits per heavy atom. The van der Waals surface area contributed by atoms with Gasteiger partial charge in [-0.1, -0.05) is 12.1 Å². The van der Waals surface area contributed by atoms with Crippen molar-refractivity contribution >= 4 is 28.6 Å². The van der Waals surface area contributed by atoms with Crippen molar-refractivity contribution in [2.75, 3.05) is 37.4 Å². The summed E-state index contributed by atoms with van der Waals surface area (Å²) in [6.45, 7) is 0.524. The van der Waals surface area contributed by atoms with Crippen LogP contribution in [0.4, 0.5) is 28.9 Å². The second kappa shape index (κ2) is 11.5. The average molecular weight is 547 g/mol. The fourth-order valence-electron chi connectivity index (χ4n) is 3.58. The molecule has 13 heteroatoms. The predicted molar refractivity (Wildman–Crippen MR) is 136 cm³/mol. The molecule has 2 aromatic heterocycles. The van der Waals surface area contributed by atoms with Gasteiger partial charge in [0.05, 0.1) is 23.8 Å². The molecule has 0 bridgehead atoms. The van der Waals surface area contributed by atoms with Crippen molar-refractivity contribution in [2.24, 2.45) is 0 Å². The zero-order valence-corrected chi connectivity index (χ0v) is 21.0. The Hall–Kier alpha value is -4.10. The van der Waals surface area contributed by atoms with Gasteiger partial charge < -0.3 is 20.3 Å². The van der Waals surface area contributed by atoms with Gasteiger partial charge in [-0.05, 0) is 37.4 Å². The number of alkyl halides is 3. The summed E-state index contributed by atoms with van der Waals surface area (Å²) in [4.78, 5) is 18.7. The molecular formula is C25H22F4N6O2S. The number of rotatable bonds is 9. The third kappa shape index (κ3) is 6.06. The molecule has 0 unspecified atom stereocenters. The second-order valence-electron chi connectivity index (χ2n) is 8.01. The molecule has 2 N–H and O–H groups in total.